The molecule has 0 bridgehead atoms. The van der Waals surface area contributed by atoms with Gasteiger partial charge in [0.1, 0.15) is 12.9 Å². The van der Waals surface area contributed by atoms with Crippen LogP contribution in [0.25, 0.3) is 5.53 Å². The molecule has 0 saturated carbocycles. The molecular weight excluding hydrogens is 158 g/mol. The number of nitrogens with two attached hydrogens (primary N) is 1. The molecule has 1 aromatic rings. The summed E-state index contributed by atoms with van der Waals surface area (Å²) in [4.78, 5) is 13.9. The van der Waals surface area contributed by atoms with E-state index < -0.39 is 0 Å². The van der Waals surface area contributed by atoms with Crippen molar-refractivity contribution >= 4 is 18.1 Å². The topological polar surface area (TPSA) is 113 Å². The number of nitrogen functional groups attached to an aromatic ring is 1. The number of nitrogens with zero attached hydrogens (tertiary/aromatic N) is 5. The van der Waals surface area contributed by atoms with Crippen molar-refractivity contribution in [2.45, 2.75) is 0 Å². The molecular formula is C5H7N7. The predicted octanol–water partition coefficient (Wildman–Crippen LogP) is -0.834. The summed E-state index contributed by atoms with van der Waals surface area (Å²) >= 11 is 0. The summed E-state index contributed by atoms with van der Waals surface area (Å²) in [6, 6.07) is 0. The molecule has 0 spiro atoms. The molecule has 1 rings (SSSR count). The molecule has 62 valence electrons. The van der Waals surface area contributed by atoms with Gasteiger partial charge in [-0.2, -0.15) is 9.77 Å². The van der Waals surface area contributed by atoms with Crippen LogP contribution >= 0.6 is 0 Å². The van der Waals surface area contributed by atoms with Crippen molar-refractivity contribution in [1.82, 2.24) is 15.0 Å². The second-order valence-electron chi connectivity index (χ2n) is 1.85. The Bertz CT molecular complexity index is 302. The lowest BCUT2D eigenvalue weighted by atomic mass is 10.7. The fourth-order valence-corrected chi connectivity index (χ4v) is 0.572. The third-order valence-electron chi connectivity index (χ3n) is 1.02. The van der Waals surface area contributed by atoms with Gasteiger partial charge in [0.15, 0.2) is 0 Å². The number of rotatable bonds is 3. The minimum absolute atomic E-state index is 0.147. The highest BCUT2D eigenvalue weighted by Gasteiger charge is 1.94. The van der Waals surface area contributed by atoms with Crippen LogP contribution in [0.15, 0.2) is 6.33 Å². The largest absolute Gasteiger partial charge is 0.368 e. The standard InChI is InChI=1S/C5H7N7/c6-4-9-3-10-5(12-4)8-1-2-11-7/h2-3H,1H2,(H3,6,8,9,10,12). The minimum atomic E-state index is 0.147. The molecule has 0 fully saturated rings. The van der Waals surface area contributed by atoms with E-state index in [2.05, 4.69) is 25.1 Å². The molecule has 0 aliphatic heterocycles. The van der Waals surface area contributed by atoms with Crippen LogP contribution in [0.4, 0.5) is 11.9 Å². The van der Waals surface area contributed by atoms with Crippen LogP contribution in [0.5, 0.6) is 0 Å². The lowest BCUT2D eigenvalue weighted by molar-refractivity contribution is 0.00251. The first-order valence-corrected chi connectivity index (χ1v) is 3.17. The smallest absolute Gasteiger partial charge is 0.276 e. The average Bonchev–Trinajstić information content (AvgIpc) is 2.05. The maximum Gasteiger partial charge on any atom is 0.276 e. The molecule has 3 N–H and O–H groups in total. The molecule has 12 heavy (non-hydrogen) atoms. The van der Waals surface area contributed by atoms with Crippen molar-refractivity contribution in [1.29, 1.82) is 0 Å². The molecule has 0 unspecified atom stereocenters. The molecule has 0 aromatic carbocycles. The van der Waals surface area contributed by atoms with Gasteiger partial charge >= 0.3 is 0 Å². The quantitative estimate of drug-likeness (QED) is 0.344. The molecule has 0 aliphatic carbocycles. The summed E-state index contributed by atoms with van der Waals surface area (Å²) in [6.07, 6.45) is 2.56. The fraction of sp³-hybridized carbons (Fsp3) is 0.200. The van der Waals surface area contributed by atoms with Gasteiger partial charge in [-0.25, -0.2) is 9.97 Å². The zero-order valence-electron chi connectivity index (χ0n) is 6.18. The van der Waals surface area contributed by atoms with E-state index in [1.807, 2.05) is 0 Å². The van der Waals surface area contributed by atoms with Crippen molar-refractivity contribution in [3.63, 3.8) is 0 Å². The second-order valence-corrected chi connectivity index (χ2v) is 1.85. The van der Waals surface area contributed by atoms with E-state index in [0.29, 0.717) is 12.5 Å². The van der Waals surface area contributed by atoms with E-state index in [1.54, 1.807) is 0 Å². The van der Waals surface area contributed by atoms with Gasteiger partial charge in [0, 0.05) is 0 Å². The molecule has 1 heterocycles. The van der Waals surface area contributed by atoms with E-state index in [0.717, 1.165) is 0 Å². The van der Waals surface area contributed by atoms with Crippen LogP contribution in [0, 0.1) is 0 Å². The van der Waals surface area contributed by atoms with E-state index in [4.69, 9.17) is 11.3 Å². The number of nitrogens with one attached hydrogen (secondary N) is 1. The highest BCUT2D eigenvalue weighted by atomic mass is 15.2. The zero-order chi connectivity index (χ0) is 8.81. The Kier molecular flexibility index (Phi) is 2.69. The Labute approximate surface area is 68.3 Å². The summed E-state index contributed by atoms with van der Waals surface area (Å²) in [5, 5.41) is 2.73. The lowest BCUT2D eigenvalue weighted by Crippen LogP contribution is -2.08. The number of hydrogen-bond donors (Lipinski definition) is 2. The molecule has 0 radical (unpaired) electrons. The van der Waals surface area contributed by atoms with Crippen LogP contribution in [0.3, 0.4) is 0 Å². The minimum Gasteiger partial charge on any atom is -0.368 e. The molecule has 7 nitrogen and oxygen atoms in total. The molecule has 0 aliphatic rings. The highest BCUT2D eigenvalue weighted by molar-refractivity contribution is 5.57. The van der Waals surface area contributed by atoms with Gasteiger partial charge in [-0.15, -0.1) is 0 Å². The van der Waals surface area contributed by atoms with Gasteiger partial charge < -0.3 is 16.6 Å². The third kappa shape index (κ3) is 2.31. The number of anilines is 2. The molecule has 0 saturated heterocycles. The van der Waals surface area contributed by atoms with Crippen LogP contribution in [-0.2, 0) is 0 Å². The molecule has 0 amide bonds. The lowest BCUT2D eigenvalue weighted by Gasteiger charge is -1.97. The Morgan fingerprint density at radius 2 is 2.50 bits per heavy atom. The van der Waals surface area contributed by atoms with Crippen molar-refractivity contribution < 1.29 is 4.79 Å². The van der Waals surface area contributed by atoms with E-state index in [9.17, 15) is 0 Å². The first-order valence-electron chi connectivity index (χ1n) is 3.17. The van der Waals surface area contributed by atoms with Gasteiger partial charge in [-0.3, -0.25) is 0 Å². The van der Waals surface area contributed by atoms with Gasteiger partial charge in [0.25, 0.3) is 6.21 Å². The monoisotopic (exact) mass is 165 g/mol. The van der Waals surface area contributed by atoms with Crippen molar-refractivity contribution in [2.75, 3.05) is 17.6 Å². The van der Waals surface area contributed by atoms with Crippen LogP contribution < -0.4 is 11.1 Å². The van der Waals surface area contributed by atoms with E-state index >= 15 is 0 Å². The van der Waals surface area contributed by atoms with Gasteiger partial charge in [-0.1, -0.05) is 0 Å². The van der Waals surface area contributed by atoms with Crippen LogP contribution in [0.2, 0.25) is 0 Å². The zero-order valence-corrected chi connectivity index (χ0v) is 6.18. The summed E-state index contributed by atoms with van der Waals surface area (Å²) in [5.41, 5.74) is 13.3. The van der Waals surface area contributed by atoms with Crippen molar-refractivity contribution in [2.24, 2.45) is 0 Å². The second kappa shape index (κ2) is 3.99. The first kappa shape index (κ1) is 8.09. The SMILES string of the molecule is [N-]=[N+]=CCNc1ncnc(N)n1. The maximum atomic E-state index is 8.05. The summed E-state index contributed by atoms with van der Waals surface area (Å²) < 4.78 is 0. The Hall–Kier alpha value is -2.01. The number of aromatic nitrogens is 3. The van der Waals surface area contributed by atoms with Crippen molar-refractivity contribution in [3.05, 3.63) is 11.9 Å². The average molecular weight is 165 g/mol. The van der Waals surface area contributed by atoms with Crippen LogP contribution in [-0.4, -0.2) is 32.5 Å². The van der Waals surface area contributed by atoms with Crippen LogP contribution in [0.1, 0.15) is 0 Å². The summed E-state index contributed by atoms with van der Waals surface area (Å²) in [6.45, 7) is 0.333. The summed E-state index contributed by atoms with van der Waals surface area (Å²) in [5.74, 6) is 0.496. The molecule has 0 atom stereocenters. The molecule has 7 heteroatoms. The highest BCUT2D eigenvalue weighted by Crippen LogP contribution is 1.95. The Balaban J connectivity index is 2.57. The van der Waals surface area contributed by atoms with Gasteiger partial charge in [-0.05, 0) is 0 Å². The van der Waals surface area contributed by atoms with Gasteiger partial charge in [0.05, 0.1) is 0 Å². The van der Waals surface area contributed by atoms with Gasteiger partial charge in [0.2, 0.25) is 11.9 Å². The maximum absolute atomic E-state index is 8.05. The Morgan fingerprint density at radius 3 is 3.17 bits per heavy atom. The van der Waals surface area contributed by atoms with E-state index in [-0.39, 0.29) is 5.95 Å². The normalized spacial score (nSPS) is 8.67. The third-order valence-corrected chi connectivity index (χ3v) is 1.02. The molecule has 1 aromatic heterocycles. The Morgan fingerprint density at radius 1 is 1.67 bits per heavy atom. The first-order chi connectivity index (χ1) is 5.83. The number of hydrogen-bond acceptors (Lipinski definition) is 5. The van der Waals surface area contributed by atoms with E-state index in [1.165, 1.54) is 12.5 Å². The fourth-order valence-electron chi connectivity index (χ4n) is 0.572. The van der Waals surface area contributed by atoms with Crippen molar-refractivity contribution in [3.8, 4) is 0 Å². The predicted molar refractivity (Wildman–Crippen MR) is 42.4 cm³/mol. The summed E-state index contributed by atoms with van der Waals surface area (Å²) in [7, 11) is 0.